The SMILES string of the molecule is Cc1ncccc1Nc1cc([C@H]2CC[C@@H](N(C(=O)O)C(C)(C)C)C2)nn1C(C)(C)C. The molecule has 0 radical (unpaired) electrons. The van der Waals surface area contributed by atoms with Gasteiger partial charge in [0.25, 0.3) is 0 Å². The summed E-state index contributed by atoms with van der Waals surface area (Å²) in [7, 11) is 0. The van der Waals surface area contributed by atoms with Gasteiger partial charge < -0.3 is 15.3 Å². The fourth-order valence-corrected chi connectivity index (χ4v) is 4.41. The van der Waals surface area contributed by atoms with E-state index >= 15 is 0 Å². The van der Waals surface area contributed by atoms with Crippen molar-refractivity contribution in [2.45, 2.75) is 90.8 Å². The molecule has 2 aromatic rings. The molecule has 1 amide bonds. The average Bonchev–Trinajstić information content (AvgIpc) is 3.22. The standard InChI is InChI=1S/C23H35N5O2/c1-15-18(9-8-12-24-15)25-20-14-19(26-28(20)23(5,6)7)16-10-11-17(13-16)27(21(29)30)22(2,3)4/h8-9,12,14,16-17,25H,10-11,13H2,1-7H3,(H,29,30)/t16-,17+/m0/s1. The van der Waals surface area contributed by atoms with E-state index in [-0.39, 0.29) is 17.5 Å². The molecular formula is C23H35N5O2. The van der Waals surface area contributed by atoms with Gasteiger partial charge in [0.1, 0.15) is 5.82 Å². The van der Waals surface area contributed by atoms with Crippen LogP contribution < -0.4 is 5.32 Å². The molecule has 1 fully saturated rings. The van der Waals surface area contributed by atoms with Crippen LogP contribution in [-0.2, 0) is 5.54 Å². The first kappa shape index (κ1) is 22.1. The molecule has 2 atom stereocenters. The summed E-state index contributed by atoms with van der Waals surface area (Å²) in [4.78, 5) is 17.9. The van der Waals surface area contributed by atoms with Gasteiger partial charge in [0.05, 0.1) is 22.6 Å². The van der Waals surface area contributed by atoms with E-state index in [4.69, 9.17) is 5.10 Å². The molecule has 30 heavy (non-hydrogen) atoms. The lowest BCUT2D eigenvalue weighted by Crippen LogP contribution is -2.50. The number of hydrogen-bond donors (Lipinski definition) is 2. The summed E-state index contributed by atoms with van der Waals surface area (Å²) in [6.07, 6.45) is 3.55. The first-order valence-corrected chi connectivity index (χ1v) is 10.7. The number of nitrogens with zero attached hydrogens (tertiary/aromatic N) is 4. The average molecular weight is 414 g/mol. The van der Waals surface area contributed by atoms with Crippen LogP contribution in [0, 0.1) is 6.92 Å². The normalized spacial score (nSPS) is 19.7. The van der Waals surface area contributed by atoms with Crippen molar-refractivity contribution in [3.63, 3.8) is 0 Å². The van der Waals surface area contributed by atoms with E-state index in [1.165, 1.54) is 0 Å². The van der Waals surface area contributed by atoms with Crippen LogP contribution in [0.1, 0.15) is 78.1 Å². The maximum absolute atomic E-state index is 11.9. The molecule has 0 saturated heterocycles. The second kappa shape index (κ2) is 7.93. The molecule has 2 N–H and O–H groups in total. The number of anilines is 2. The third kappa shape index (κ3) is 4.60. The van der Waals surface area contributed by atoms with Gasteiger partial charge in [0.15, 0.2) is 0 Å². The third-order valence-corrected chi connectivity index (χ3v) is 5.75. The Balaban J connectivity index is 1.88. The van der Waals surface area contributed by atoms with Crippen LogP contribution >= 0.6 is 0 Å². The van der Waals surface area contributed by atoms with Crippen LogP contribution in [0.5, 0.6) is 0 Å². The van der Waals surface area contributed by atoms with Gasteiger partial charge in [-0.2, -0.15) is 5.10 Å². The predicted molar refractivity (Wildman–Crippen MR) is 119 cm³/mol. The Morgan fingerprint density at radius 3 is 2.50 bits per heavy atom. The maximum Gasteiger partial charge on any atom is 0.407 e. The van der Waals surface area contributed by atoms with Gasteiger partial charge >= 0.3 is 6.09 Å². The van der Waals surface area contributed by atoms with Gasteiger partial charge in [-0.05, 0) is 79.9 Å². The Morgan fingerprint density at radius 2 is 1.93 bits per heavy atom. The van der Waals surface area contributed by atoms with E-state index < -0.39 is 11.6 Å². The van der Waals surface area contributed by atoms with Gasteiger partial charge in [-0.3, -0.25) is 4.98 Å². The predicted octanol–water partition coefficient (Wildman–Crippen LogP) is 5.50. The third-order valence-electron chi connectivity index (χ3n) is 5.75. The highest BCUT2D eigenvalue weighted by Crippen LogP contribution is 2.40. The van der Waals surface area contributed by atoms with Crippen molar-refractivity contribution >= 4 is 17.6 Å². The van der Waals surface area contributed by atoms with E-state index in [0.29, 0.717) is 0 Å². The highest BCUT2D eigenvalue weighted by atomic mass is 16.4. The molecule has 7 nitrogen and oxygen atoms in total. The van der Waals surface area contributed by atoms with Gasteiger partial charge in [0.2, 0.25) is 0 Å². The number of aromatic nitrogens is 3. The van der Waals surface area contributed by atoms with Crippen molar-refractivity contribution in [2.24, 2.45) is 0 Å². The van der Waals surface area contributed by atoms with Crippen molar-refractivity contribution in [1.29, 1.82) is 0 Å². The molecule has 1 aliphatic rings. The fourth-order valence-electron chi connectivity index (χ4n) is 4.41. The molecule has 7 heteroatoms. The first-order valence-electron chi connectivity index (χ1n) is 10.7. The van der Waals surface area contributed by atoms with Crippen molar-refractivity contribution in [3.8, 4) is 0 Å². The zero-order valence-corrected chi connectivity index (χ0v) is 19.2. The second-order valence-electron chi connectivity index (χ2n) is 10.3. The zero-order chi connectivity index (χ0) is 22.3. The number of carboxylic acid groups (broad SMARTS) is 1. The van der Waals surface area contributed by atoms with Crippen LogP contribution in [0.15, 0.2) is 24.4 Å². The summed E-state index contributed by atoms with van der Waals surface area (Å²) in [5.74, 6) is 1.18. The van der Waals surface area contributed by atoms with Crippen LogP contribution in [0.25, 0.3) is 0 Å². The largest absolute Gasteiger partial charge is 0.465 e. The highest BCUT2D eigenvalue weighted by Gasteiger charge is 2.39. The van der Waals surface area contributed by atoms with Gasteiger partial charge in [-0.15, -0.1) is 0 Å². The Bertz CT molecular complexity index is 907. The molecule has 3 rings (SSSR count). The summed E-state index contributed by atoms with van der Waals surface area (Å²) in [6, 6.07) is 6.07. The Labute approximate surface area is 179 Å². The van der Waals surface area contributed by atoms with Crippen LogP contribution in [-0.4, -0.2) is 42.4 Å². The minimum atomic E-state index is -0.845. The van der Waals surface area contributed by atoms with Crippen molar-refractivity contribution in [1.82, 2.24) is 19.7 Å². The van der Waals surface area contributed by atoms with E-state index in [2.05, 4.69) is 37.1 Å². The quantitative estimate of drug-likeness (QED) is 0.691. The van der Waals surface area contributed by atoms with Gasteiger partial charge in [-0.1, -0.05) is 0 Å². The topological polar surface area (TPSA) is 83.3 Å². The summed E-state index contributed by atoms with van der Waals surface area (Å²) in [5.41, 5.74) is 2.32. The number of nitrogens with one attached hydrogen (secondary N) is 1. The maximum atomic E-state index is 11.9. The Kier molecular flexibility index (Phi) is 5.85. The van der Waals surface area contributed by atoms with Crippen LogP contribution in [0.4, 0.5) is 16.3 Å². The molecule has 0 unspecified atom stereocenters. The highest BCUT2D eigenvalue weighted by molar-refractivity contribution is 5.66. The lowest BCUT2D eigenvalue weighted by Gasteiger charge is -2.38. The fraction of sp³-hybridized carbons (Fsp3) is 0.609. The summed E-state index contributed by atoms with van der Waals surface area (Å²) >= 11 is 0. The van der Waals surface area contributed by atoms with Crippen molar-refractivity contribution < 1.29 is 9.90 Å². The Hall–Kier alpha value is -2.57. The van der Waals surface area contributed by atoms with Crippen molar-refractivity contribution in [3.05, 3.63) is 35.8 Å². The summed E-state index contributed by atoms with van der Waals surface area (Å²) in [5, 5.41) is 18.2. The summed E-state index contributed by atoms with van der Waals surface area (Å²) < 4.78 is 2.03. The number of carbonyl (C=O) groups is 1. The summed E-state index contributed by atoms with van der Waals surface area (Å²) in [6.45, 7) is 14.3. The van der Waals surface area contributed by atoms with Gasteiger partial charge in [-0.25, -0.2) is 9.48 Å². The monoisotopic (exact) mass is 413 g/mol. The molecule has 0 aliphatic heterocycles. The molecule has 2 heterocycles. The number of amides is 1. The van der Waals surface area contributed by atoms with Crippen molar-refractivity contribution in [2.75, 3.05) is 5.32 Å². The number of aryl methyl sites for hydroxylation is 1. The number of rotatable bonds is 4. The van der Waals surface area contributed by atoms with E-state index in [9.17, 15) is 9.90 Å². The molecule has 164 valence electrons. The van der Waals surface area contributed by atoms with Crippen LogP contribution in [0.3, 0.4) is 0 Å². The zero-order valence-electron chi connectivity index (χ0n) is 19.2. The molecule has 0 aromatic carbocycles. The van der Waals surface area contributed by atoms with E-state index in [1.807, 2.05) is 44.5 Å². The Morgan fingerprint density at radius 1 is 1.23 bits per heavy atom. The lowest BCUT2D eigenvalue weighted by molar-refractivity contribution is 0.0715. The smallest absolute Gasteiger partial charge is 0.407 e. The number of pyridine rings is 1. The van der Waals surface area contributed by atoms with E-state index in [0.717, 1.165) is 42.2 Å². The molecular weight excluding hydrogens is 378 g/mol. The second-order valence-corrected chi connectivity index (χ2v) is 10.3. The lowest BCUT2D eigenvalue weighted by atomic mass is 10.0. The minimum Gasteiger partial charge on any atom is -0.465 e. The van der Waals surface area contributed by atoms with E-state index in [1.54, 1.807) is 11.1 Å². The molecule has 2 aromatic heterocycles. The van der Waals surface area contributed by atoms with Crippen LogP contribution in [0.2, 0.25) is 0 Å². The molecule has 1 aliphatic carbocycles. The minimum absolute atomic E-state index is 0.0178. The number of hydrogen-bond acceptors (Lipinski definition) is 4. The molecule has 0 bridgehead atoms. The molecule has 1 saturated carbocycles. The molecule has 0 spiro atoms. The van der Waals surface area contributed by atoms with Gasteiger partial charge in [0, 0.05) is 29.8 Å². The first-order chi connectivity index (χ1) is 13.9.